The Morgan fingerprint density at radius 1 is 1.14 bits per heavy atom. The summed E-state index contributed by atoms with van der Waals surface area (Å²) in [5, 5.41) is 11.2. The van der Waals surface area contributed by atoms with E-state index in [2.05, 4.69) is 15.6 Å². The van der Waals surface area contributed by atoms with Crippen LogP contribution in [0.25, 0.3) is 6.08 Å². The Bertz CT molecular complexity index is 890. The maximum Gasteiger partial charge on any atom is 0.273 e. The smallest absolute Gasteiger partial charge is 0.273 e. The summed E-state index contributed by atoms with van der Waals surface area (Å²) < 4.78 is 0. The highest BCUT2D eigenvalue weighted by Gasteiger charge is 2.17. The number of oxime groups is 2. The molecule has 0 saturated heterocycles. The van der Waals surface area contributed by atoms with Crippen molar-refractivity contribution in [2.45, 2.75) is 13.5 Å². The van der Waals surface area contributed by atoms with E-state index >= 15 is 0 Å². The minimum Gasteiger partial charge on any atom is -0.398 e. The highest BCUT2D eigenvalue weighted by molar-refractivity contribution is 6.45. The zero-order valence-corrected chi connectivity index (χ0v) is 16.7. The fourth-order valence-electron chi connectivity index (χ4n) is 2.32. The summed E-state index contributed by atoms with van der Waals surface area (Å²) in [5.74, 6) is -0.347. The first-order chi connectivity index (χ1) is 13.5. The first kappa shape index (κ1) is 21.2. The highest BCUT2D eigenvalue weighted by Crippen LogP contribution is 2.13. The number of allylic oxidation sites excluding steroid dienone is 1. The molecule has 6 nitrogen and oxygen atoms in total. The van der Waals surface area contributed by atoms with Gasteiger partial charge in [-0.3, -0.25) is 4.79 Å². The number of hydrogen-bond acceptors (Lipinski definition) is 5. The van der Waals surface area contributed by atoms with Crippen LogP contribution in [0, 0.1) is 0 Å². The lowest BCUT2D eigenvalue weighted by molar-refractivity contribution is -0.114. The summed E-state index contributed by atoms with van der Waals surface area (Å²) in [6, 6.07) is 14.8. The van der Waals surface area contributed by atoms with Crippen LogP contribution in [0.5, 0.6) is 0 Å². The van der Waals surface area contributed by atoms with Crippen LogP contribution in [-0.4, -0.2) is 31.5 Å². The predicted octanol–water partition coefficient (Wildman–Crippen LogP) is 4.04. The second-order valence-corrected chi connectivity index (χ2v) is 6.19. The first-order valence-corrected chi connectivity index (χ1v) is 8.94. The van der Waals surface area contributed by atoms with E-state index in [0.717, 1.165) is 11.1 Å². The number of nitrogens with one attached hydrogen (secondary N) is 1. The van der Waals surface area contributed by atoms with Crippen LogP contribution in [0.1, 0.15) is 23.6 Å². The molecule has 2 rings (SSSR count). The molecule has 0 spiro atoms. The van der Waals surface area contributed by atoms with Crippen LogP contribution in [-0.2, 0) is 21.1 Å². The van der Waals surface area contributed by atoms with Crippen molar-refractivity contribution in [2.24, 2.45) is 10.3 Å². The molecule has 1 N–H and O–H groups in total. The van der Waals surface area contributed by atoms with Crippen LogP contribution in [0.3, 0.4) is 0 Å². The van der Waals surface area contributed by atoms with Gasteiger partial charge in [-0.1, -0.05) is 64.4 Å². The topological polar surface area (TPSA) is 72.3 Å². The Labute approximate surface area is 169 Å². The Morgan fingerprint density at radius 3 is 2.54 bits per heavy atom. The van der Waals surface area contributed by atoms with Gasteiger partial charge in [0.1, 0.15) is 13.7 Å². The molecule has 0 aliphatic heterocycles. The van der Waals surface area contributed by atoms with Crippen molar-refractivity contribution in [1.82, 2.24) is 5.32 Å². The molecule has 2 aromatic rings. The number of nitrogens with zero attached hydrogens (tertiary/aromatic N) is 2. The molecular weight excluding hydrogens is 378 g/mol. The molecule has 0 bridgehead atoms. The normalized spacial score (nSPS) is 12.1. The number of hydrogen-bond donors (Lipinski definition) is 1. The van der Waals surface area contributed by atoms with E-state index in [4.69, 9.17) is 21.3 Å². The third-order valence-electron chi connectivity index (χ3n) is 3.71. The van der Waals surface area contributed by atoms with E-state index in [9.17, 15) is 4.79 Å². The predicted molar refractivity (Wildman–Crippen MR) is 112 cm³/mol. The summed E-state index contributed by atoms with van der Waals surface area (Å²) in [5.41, 5.74) is 3.26. The standard InChI is InChI=1S/C21H22ClN3O3/c1-15(8-9-16-10-12-18(22)13-11-16)24-28-14-17-6-4-5-7-19(17)20(25-27-3)21(26)23-2/h4-13H,14H2,1-3H3,(H,23,26)/b9-8+,24-15+,25-20-. The molecule has 0 aliphatic rings. The van der Waals surface area contributed by atoms with Crippen molar-refractivity contribution < 1.29 is 14.5 Å². The molecule has 0 aromatic heterocycles. The van der Waals surface area contributed by atoms with Crippen molar-refractivity contribution in [3.63, 3.8) is 0 Å². The van der Waals surface area contributed by atoms with E-state index in [1.807, 2.05) is 61.5 Å². The van der Waals surface area contributed by atoms with E-state index < -0.39 is 0 Å². The Kier molecular flexibility index (Phi) is 8.24. The van der Waals surface area contributed by atoms with Gasteiger partial charge in [-0.15, -0.1) is 0 Å². The van der Waals surface area contributed by atoms with Gasteiger partial charge in [0.05, 0.1) is 5.71 Å². The molecule has 1 amide bonds. The number of rotatable bonds is 8. The second kappa shape index (κ2) is 10.9. The van der Waals surface area contributed by atoms with E-state index in [0.29, 0.717) is 16.3 Å². The van der Waals surface area contributed by atoms with Gasteiger partial charge in [0.2, 0.25) is 0 Å². The van der Waals surface area contributed by atoms with Crippen LogP contribution >= 0.6 is 11.6 Å². The number of halogens is 1. The Morgan fingerprint density at radius 2 is 1.86 bits per heavy atom. The lowest BCUT2D eigenvalue weighted by Crippen LogP contribution is -2.29. The lowest BCUT2D eigenvalue weighted by atomic mass is 10.0. The molecule has 2 aromatic carbocycles. The van der Waals surface area contributed by atoms with Gasteiger partial charge in [-0.2, -0.15) is 0 Å². The molecule has 0 unspecified atom stereocenters. The zero-order chi connectivity index (χ0) is 20.4. The fraction of sp³-hybridized carbons (Fsp3) is 0.190. The lowest BCUT2D eigenvalue weighted by Gasteiger charge is -2.10. The van der Waals surface area contributed by atoms with Crippen molar-refractivity contribution in [1.29, 1.82) is 0 Å². The molecule has 0 aliphatic carbocycles. The van der Waals surface area contributed by atoms with Gasteiger partial charge in [-0.25, -0.2) is 0 Å². The maximum atomic E-state index is 12.1. The highest BCUT2D eigenvalue weighted by atomic mass is 35.5. The average molecular weight is 400 g/mol. The van der Waals surface area contributed by atoms with Gasteiger partial charge >= 0.3 is 0 Å². The van der Waals surface area contributed by atoms with Crippen LogP contribution in [0.2, 0.25) is 5.02 Å². The SMILES string of the molecule is CNC(=O)/C(=N\OC)c1ccccc1CO/N=C(C)/C=C/c1ccc(Cl)cc1. The Balaban J connectivity index is 2.08. The van der Waals surface area contributed by atoms with Gasteiger partial charge < -0.3 is 15.0 Å². The van der Waals surface area contributed by atoms with E-state index in [-0.39, 0.29) is 18.2 Å². The van der Waals surface area contributed by atoms with Crippen LogP contribution < -0.4 is 5.32 Å². The third-order valence-corrected chi connectivity index (χ3v) is 3.96. The van der Waals surface area contributed by atoms with Gasteiger partial charge in [0, 0.05) is 23.2 Å². The Hall–Kier alpha value is -3.12. The molecule has 28 heavy (non-hydrogen) atoms. The maximum absolute atomic E-state index is 12.1. The van der Waals surface area contributed by atoms with Crippen molar-refractivity contribution in [3.05, 3.63) is 76.3 Å². The summed E-state index contributed by atoms with van der Waals surface area (Å²) >= 11 is 5.88. The minimum absolute atomic E-state index is 0.174. The van der Waals surface area contributed by atoms with Crippen LogP contribution in [0.15, 0.2) is 64.9 Å². The molecule has 0 heterocycles. The van der Waals surface area contributed by atoms with Crippen molar-refractivity contribution in [2.75, 3.05) is 14.2 Å². The molecule has 146 valence electrons. The monoisotopic (exact) mass is 399 g/mol. The molecule has 7 heteroatoms. The van der Waals surface area contributed by atoms with Crippen molar-refractivity contribution in [3.8, 4) is 0 Å². The van der Waals surface area contributed by atoms with Gasteiger partial charge in [-0.05, 0) is 30.7 Å². The fourth-order valence-corrected chi connectivity index (χ4v) is 2.45. The molecule has 0 radical (unpaired) electrons. The van der Waals surface area contributed by atoms with E-state index in [1.54, 1.807) is 6.07 Å². The van der Waals surface area contributed by atoms with Gasteiger partial charge in [0.15, 0.2) is 5.71 Å². The minimum atomic E-state index is -0.347. The molecule has 0 atom stereocenters. The van der Waals surface area contributed by atoms with Crippen molar-refractivity contribution >= 4 is 35.0 Å². The largest absolute Gasteiger partial charge is 0.398 e. The average Bonchev–Trinajstić information content (AvgIpc) is 2.71. The van der Waals surface area contributed by atoms with Crippen LogP contribution in [0.4, 0.5) is 0 Å². The summed E-state index contributed by atoms with van der Waals surface area (Å²) in [6.07, 6.45) is 3.76. The molecule has 0 saturated carbocycles. The quantitative estimate of drug-likeness (QED) is 0.537. The summed E-state index contributed by atoms with van der Waals surface area (Å²) in [4.78, 5) is 22.3. The second-order valence-electron chi connectivity index (χ2n) is 5.75. The number of carbonyl (C=O) groups excluding carboxylic acids is 1. The molecule has 0 fully saturated rings. The van der Waals surface area contributed by atoms with Gasteiger partial charge in [0.25, 0.3) is 5.91 Å². The summed E-state index contributed by atoms with van der Waals surface area (Å²) in [7, 11) is 2.93. The number of likely N-dealkylation sites (N-methyl/N-ethyl adjacent to an activating group) is 1. The summed E-state index contributed by atoms with van der Waals surface area (Å²) in [6.45, 7) is 2.02. The number of carbonyl (C=O) groups is 1. The first-order valence-electron chi connectivity index (χ1n) is 8.57. The number of benzene rings is 2. The number of amides is 1. The molecular formula is C21H22ClN3O3. The third kappa shape index (κ3) is 6.25. The van der Waals surface area contributed by atoms with E-state index in [1.165, 1.54) is 14.2 Å². The zero-order valence-electron chi connectivity index (χ0n) is 16.0.